The Morgan fingerprint density at radius 1 is 0.611 bits per heavy atom. The topological polar surface area (TPSA) is 160 Å². The number of esters is 2. The summed E-state index contributed by atoms with van der Waals surface area (Å²) in [6.45, 7) is 3.23. The summed E-state index contributed by atoms with van der Waals surface area (Å²) in [6, 6.07) is 0. The number of allylic oxidation sites excluding steroid dienone is 15. The van der Waals surface area contributed by atoms with Gasteiger partial charge in [0.15, 0.2) is 6.10 Å². The monoisotopic (exact) mass is 774 g/mol. The van der Waals surface area contributed by atoms with E-state index in [1.165, 1.54) is 12.8 Å². The Morgan fingerprint density at radius 2 is 1.15 bits per heavy atom. The average Bonchev–Trinajstić information content (AvgIpc) is 3.13. The number of hydrogen-bond donors (Lipinski definition) is 4. The lowest BCUT2D eigenvalue weighted by Gasteiger charge is -2.18. The van der Waals surface area contributed by atoms with Gasteiger partial charge in [0.05, 0.1) is 18.8 Å². The van der Waals surface area contributed by atoms with E-state index in [4.69, 9.17) is 19.3 Å². The van der Waals surface area contributed by atoms with Gasteiger partial charge in [-0.15, -0.1) is 0 Å². The molecule has 0 radical (unpaired) electrons. The van der Waals surface area contributed by atoms with E-state index in [0.717, 1.165) is 44.9 Å². The van der Waals surface area contributed by atoms with Crippen LogP contribution < -0.4 is 0 Å². The summed E-state index contributed by atoms with van der Waals surface area (Å²) in [4.78, 5) is 42.8. The molecule has 0 fully saturated rings. The highest BCUT2D eigenvalue weighted by atomic mass is 31.2. The molecule has 54 heavy (non-hydrogen) atoms. The van der Waals surface area contributed by atoms with Gasteiger partial charge in [0.2, 0.25) is 0 Å². The second-order valence-electron chi connectivity index (χ2n) is 12.6. The highest BCUT2D eigenvalue weighted by molar-refractivity contribution is 7.46. The molecule has 0 bridgehead atoms. The second-order valence-corrected chi connectivity index (χ2v) is 13.8. The molecule has 0 aromatic rings. The van der Waals surface area contributed by atoms with Gasteiger partial charge >= 0.3 is 19.8 Å². The third-order valence-electron chi connectivity index (χ3n) is 7.47. The van der Waals surface area contributed by atoms with Crippen LogP contribution in [0.1, 0.15) is 117 Å². The Labute approximate surface area is 324 Å². The summed E-state index contributed by atoms with van der Waals surface area (Å²) in [5, 5.41) is 20.2. The van der Waals surface area contributed by atoms with Gasteiger partial charge in [-0.1, -0.05) is 136 Å². The molecule has 0 aliphatic heterocycles. The lowest BCUT2D eigenvalue weighted by molar-refractivity contribution is -0.161. The summed E-state index contributed by atoms with van der Waals surface area (Å²) in [5.74, 6) is -1.21. The summed E-state index contributed by atoms with van der Waals surface area (Å²) < 4.78 is 26.1. The lowest BCUT2D eigenvalue weighted by Crippen LogP contribution is -2.29. The molecule has 0 amide bonds. The Balaban J connectivity index is 4.36. The number of aliphatic hydroxyl groups is 2. The zero-order chi connectivity index (χ0) is 40.0. The van der Waals surface area contributed by atoms with Crippen molar-refractivity contribution in [1.29, 1.82) is 0 Å². The number of phosphoric ester groups is 1. The highest BCUT2D eigenvalue weighted by Gasteiger charge is 2.23. The smallest absolute Gasteiger partial charge is 0.462 e. The molecule has 0 saturated carbocycles. The van der Waals surface area contributed by atoms with Gasteiger partial charge in [0, 0.05) is 12.8 Å². The van der Waals surface area contributed by atoms with Gasteiger partial charge < -0.3 is 29.5 Å². The lowest BCUT2D eigenvalue weighted by atomic mass is 10.1. The van der Waals surface area contributed by atoms with Crippen molar-refractivity contribution in [2.45, 2.75) is 135 Å². The fourth-order valence-electron chi connectivity index (χ4n) is 4.54. The molecular formula is C43H67O10P. The fourth-order valence-corrected chi connectivity index (χ4v) is 4.90. The van der Waals surface area contributed by atoms with Crippen LogP contribution in [-0.2, 0) is 28.2 Å². The summed E-state index contributed by atoms with van der Waals surface area (Å²) >= 11 is 0. The molecule has 11 heteroatoms. The first-order valence-corrected chi connectivity index (χ1v) is 20.9. The van der Waals surface area contributed by atoms with E-state index >= 15 is 0 Å². The molecule has 0 rings (SSSR count). The van der Waals surface area contributed by atoms with Crippen LogP contribution in [0.25, 0.3) is 0 Å². The molecule has 0 aromatic heterocycles. The minimum absolute atomic E-state index is 0.0674. The van der Waals surface area contributed by atoms with Crippen LogP contribution in [0.15, 0.2) is 109 Å². The van der Waals surface area contributed by atoms with Crippen molar-refractivity contribution in [2.24, 2.45) is 0 Å². The number of carbonyl (C=O) groups excluding carboxylic acids is 2. The van der Waals surface area contributed by atoms with E-state index in [0.29, 0.717) is 19.3 Å². The molecule has 4 N–H and O–H groups in total. The van der Waals surface area contributed by atoms with Crippen molar-refractivity contribution in [2.75, 3.05) is 13.2 Å². The molecular weight excluding hydrogens is 707 g/mol. The Bertz CT molecular complexity index is 1270. The van der Waals surface area contributed by atoms with Gasteiger partial charge in [-0.05, 0) is 77.0 Å². The summed E-state index contributed by atoms with van der Waals surface area (Å²) in [6.07, 6.45) is 44.4. The van der Waals surface area contributed by atoms with Gasteiger partial charge in [-0.2, -0.15) is 0 Å². The van der Waals surface area contributed by atoms with Crippen molar-refractivity contribution in [3.63, 3.8) is 0 Å². The molecule has 3 atom stereocenters. The van der Waals surface area contributed by atoms with Crippen LogP contribution in [-0.4, -0.2) is 63.5 Å². The van der Waals surface area contributed by atoms with Crippen molar-refractivity contribution >= 4 is 19.8 Å². The van der Waals surface area contributed by atoms with Gasteiger partial charge in [-0.3, -0.25) is 14.1 Å². The number of rotatable bonds is 33. The molecule has 0 aliphatic rings. The number of ether oxygens (including phenoxy) is 2. The van der Waals surface area contributed by atoms with Crippen LogP contribution in [0.3, 0.4) is 0 Å². The van der Waals surface area contributed by atoms with Crippen LogP contribution >= 0.6 is 7.82 Å². The van der Waals surface area contributed by atoms with Crippen LogP contribution in [0, 0.1) is 0 Å². The van der Waals surface area contributed by atoms with Gasteiger partial charge in [-0.25, -0.2) is 4.57 Å². The van der Waals surface area contributed by atoms with Crippen molar-refractivity contribution < 1.29 is 48.2 Å². The van der Waals surface area contributed by atoms with E-state index < -0.39 is 51.3 Å². The zero-order valence-electron chi connectivity index (χ0n) is 32.5. The van der Waals surface area contributed by atoms with E-state index in [-0.39, 0.29) is 25.7 Å². The van der Waals surface area contributed by atoms with E-state index in [1.807, 2.05) is 18.2 Å². The quantitative estimate of drug-likeness (QED) is 0.0166. The Kier molecular flexibility index (Phi) is 34.3. The van der Waals surface area contributed by atoms with Crippen molar-refractivity contribution in [3.05, 3.63) is 109 Å². The van der Waals surface area contributed by atoms with E-state index in [9.17, 15) is 24.4 Å². The predicted molar refractivity (Wildman–Crippen MR) is 218 cm³/mol. The maximum absolute atomic E-state index is 12.4. The van der Waals surface area contributed by atoms with Crippen LogP contribution in [0.4, 0.5) is 0 Å². The third-order valence-corrected chi connectivity index (χ3v) is 7.95. The maximum atomic E-state index is 12.4. The van der Waals surface area contributed by atoms with Crippen molar-refractivity contribution in [1.82, 2.24) is 0 Å². The molecule has 304 valence electrons. The standard InChI is InChI=1S/C43H67O10P/c1-3-5-7-9-11-12-13-14-15-16-17-18-19-20-21-23-29-35-42(46)51-37-41(38-52-54(48,49)50)53-43(47)36-30-34-40(45)33-28-25-24-27-32-39(44)31-26-22-10-8-6-4-2/h5,7,11-12,14-15,17-18,20-22,24-28,32-33,39-41,44-45H,3-4,6,8-10,13,16,19,23,29-31,34-38H2,1-2H3,(H2,48,49,50)/b7-5-,12-11-,15-14-,18-17-,21-20-,25-24+,26-22-,32-27+,33-28-/t39-,40-,41+/m0/s1. The normalized spacial score (nSPS) is 14.9. The van der Waals surface area contributed by atoms with E-state index in [2.05, 4.69) is 73.1 Å². The molecule has 0 aromatic carbocycles. The molecule has 0 aliphatic carbocycles. The SMILES string of the molecule is CC/C=C\C/C=C\C/C=C\C/C=C\C/C=C\CCCC(=O)OC[C@H](COP(=O)(O)O)OC(=O)CCC[C@@H](O)\C=C/C=C/C=C/[C@@H](O)C/C=C\CCCCC. The minimum Gasteiger partial charge on any atom is -0.462 e. The first-order chi connectivity index (χ1) is 26.1. The predicted octanol–water partition coefficient (Wildman–Crippen LogP) is 9.56. The molecule has 0 saturated heterocycles. The largest absolute Gasteiger partial charge is 0.469 e. The molecule has 0 spiro atoms. The summed E-state index contributed by atoms with van der Waals surface area (Å²) in [7, 11) is -4.84. The van der Waals surface area contributed by atoms with Gasteiger partial charge in [0.25, 0.3) is 0 Å². The second kappa shape index (κ2) is 36.6. The number of hydrogen-bond acceptors (Lipinski definition) is 8. The first kappa shape index (κ1) is 50.6. The Hall–Kier alpha value is -3.37. The van der Waals surface area contributed by atoms with Gasteiger partial charge in [0.1, 0.15) is 6.61 Å². The maximum Gasteiger partial charge on any atom is 0.469 e. The third kappa shape index (κ3) is 38.4. The molecule has 10 nitrogen and oxygen atoms in total. The summed E-state index contributed by atoms with van der Waals surface area (Å²) in [5.41, 5.74) is 0. The zero-order valence-corrected chi connectivity index (χ0v) is 33.4. The fraction of sp³-hybridized carbons (Fsp3) is 0.535. The number of aliphatic hydroxyl groups excluding tert-OH is 2. The number of carbonyl (C=O) groups is 2. The Morgan fingerprint density at radius 3 is 1.74 bits per heavy atom. The van der Waals surface area contributed by atoms with Crippen LogP contribution in [0.2, 0.25) is 0 Å². The number of phosphoric acid groups is 1. The molecule has 0 heterocycles. The van der Waals surface area contributed by atoms with Crippen LogP contribution in [0.5, 0.6) is 0 Å². The number of unbranched alkanes of at least 4 members (excludes halogenated alkanes) is 4. The van der Waals surface area contributed by atoms with Crippen molar-refractivity contribution in [3.8, 4) is 0 Å². The first-order valence-electron chi connectivity index (χ1n) is 19.4. The molecule has 0 unspecified atom stereocenters. The average molecular weight is 775 g/mol. The highest BCUT2D eigenvalue weighted by Crippen LogP contribution is 2.35. The minimum atomic E-state index is -4.84. The van der Waals surface area contributed by atoms with E-state index in [1.54, 1.807) is 36.5 Å².